The Labute approximate surface area is 135 Å². The molecule has 0 spiro atoms. The van der Waals surface area contributed by atoms with Crippen LogP contribution in [0.3, 0.4) is 0 Å². The van der Waals surface area contributed by atoms with Crippen molar-refractivity contribution in [2.24, 2.45) is 11.7 Å². The fraction of sp³-hybridized carbons (Fsp3) is 0.500. The van der Waals surface area contributed by atoms with Crippen LogP contribution in [-0.4, -0.2) is 26.8 Å². The van der Waals surface area contributed by atoms with Crippen LogP contribution in [0, 0.1) is 5.92 Å². The zero-order chi connectivity index (χ0) is 17.0. The van der Waals surface area contributed by atoms with Gasteiger partial charge in [-0.25, -0.2) is 0 Å². The van der Waals surface area contributed by atoms with Gasteiger partial charge >= 0.3 is 5.97 Å². The van der Waals surface area contributed by atoms with Crippen LogP contribution >= 0.6 is 0 Å². The molecule has 7 nitrogen and oxygen atoms in total. The standard InChI is InChI=1S/C16H22N4O3/c1-5-11(15(21)23-16(2,3)4)12(17)14-20-19-13(22-14)10-6-8-18-9-7-10/h6-9,11-12H,5,17H2,1-4H3/t11-,12?/m0/s1. The van der Waals surface area contributed by atoms with E-state index in [2.05, 4.69) is 15.2 Å². The molecule has 0 saturated carbocycles. The van der Waals surface area contributed by atoms with Crippen molar-refractivity contribution in [3.63, 3.8) is 0 Å². The van der Waals surface area contributed by atoms with E-state index in [0.717, 1.165) is 5.56 Å². The Morgan fingerprint density at radius 2 is 1.96 bits per heavy atom. The summed E-state index contributed by atoms with van der Waals surface area (Å²) in [5.41, 5.74) is 6.33. The number of esters is 1. The quantitative estimate of drug-likeness (QED) is 0.844. The fourth-order valence-corrected chi connectivity index (χ4v) is 2.10. The molecule has 0 bridgehead atoms. The summed E-state index contributed by atoms with van der Waals surface area (Å²) in [5, 5.41) is 7.95. The molecular weight excluding hydrogens is 296 g/mol. The van der Waals surface area contributed by atoms with E-state index in [0.29, 0.717) is 12.3 Å². The first kappa shape index (κ1) is 17.1. The summed E-state index contributed by atoms with van der Waals surface area (Å²) in [7, 11) is 0. The van der Waals surface area contributed by atoms with E-state index in [9.17, 15) is 4.79 Å². The third kappa shape index (κ3) is 4.35. The number of carbonyl (C=O) groups excluding carboxylic acids is 1. The first-order valence-electron chi connectivity index (χ1n) is 7.54. The van der Waals surface area contributed by atoms with E-state index < -0.39 is 17.6 Å². The number of carbonyl (C=O) groups is 1. The molecule has 0 saturated heterocycles. The second-order valence-electron chi connectivity index (χ2n) is 6.26. The molecule has 0 aliphatic carbocycles. The van der Waals surface area contributed by atoms with Crippen molar-refractivity contribution in [3.05, 3.63) is 30.4 Å². The van der Waals surface area contributed by atoms with Crippen LogP contribution in [0.2, 0.25) is 0 Å². The average Bonchev–Trinajstić information content (AvgIpc) is 2.96. The zero-order valence-corrected chi connectivity index (χ0v) is 13.8. The van der Waals surface area contributed by atoms with Gasteiger partial charge in [-0.1, -0.05) is 6.92 Å². The lowest BCUT2D eigenvalue weighted by atomic mass is 9.97. The molecule has 124 valence electrons. The van der Waals surface area contributed by atoms with Crippen LogP contribution < -0.4 is 5.73 Å². The van der Waals surface area contributed by atoms with Gasteiger partial charge in [0.25, 0.3) is 0 Å². The summed E-state index contributed by atoms with van der Waals surface area (Å²) >= 11 is 0. The monoisotopic (exact) mass is 318 g/mol. The predicted octanol–water partition coefficient (Wildman–Crippen LogP) is 2.50. The number of ether oxygens (including phenoxy) is 1. The van der Waals surface area contributed by atoms with Gasteiger partial charge in [-0.2, -0.15) is 0 Å². The molecule has 0 fully saturated rings. The Balaban J connectivity index is 2.17. The minimum absolute atomic E-state index is 0.217. The van der Waals surface area contributed by atoms with E-state index in [1.165, 1.54) is 0 Å². The van der Waals surface area contributed by atoms with Gasteiger partial charge in [0.1, 0.15) is 5.60 Å². The number of hydrogen-bond acceptors (Lipinski definition) is 7. The predicted molar refractivity (Wildman–Crippen MR) is 84.1 cm³/mol. The minimum Gasteiger partial charge on any atom is -0.460 e. The van der Waals surface area contributed by atoms with Crippen molar-refractivity contribution in [3.8, 4) is 11.5 Å². The first-order chi connectivity index (χ1) is 10.8. The molecule has 0 amide bonds. The van der Waals surface area contributed by atoms with E-state index in [-0.39, 0.29) is 11.9 Å². The normalized spacial score (nSPS) is 14.3. The number of pyridine rings is 1. The summed E-state index contributed by atoms with van der Waals surface area (Å²) in [6.07, 6.45) is 3.78. The molecule has 0 aliphatic heterocycles. The largest absolute Gasteiger partial charge is 0.460 e. The van der Waals surface area contributed by atoms with E-state index >= 15 is 0 Å². The maximum Gasteiger partial charge on any atom is 0.311 e. The number of aromatic nitrogens is 3. The Kier molecular flexibility index (Phi) is 5.10. The van der Waals surface area contributed by atoms with E-state index in [4.69, 9.17) is 14.9 Å². The van der Waals surface area contributed by atoms with Gasteiger partial charge < -0.3 is 14.9 Å². The van der Waals surface area contributed by atoms with Gasteiger partial charge in [-0.3, -0.25) is 9.78 Å². The third-order valence-electron chi connectivity index (χ3n) is 3.24. The lowest BCUT2D eigenvalue weighted by Crippen LogP contribution is -2.34. The SMILES string of the molecule is CC[C@H](C(=O)OC(C)(C)C)C(N)c1nnc(-c2ccncc2)o1. The van der Waals surface area contributed by atoms with Crippen LogP contribution in [0.5, 0.6) is 0 Å². The zero-order valence-electron chi connectivity index (χ0n) is 13.8. The molecule has 2 heterocycles. The Bertz CT molecular complexity index is 649. The van der Waals surface area contributed by atoms with Crippen LogP contribution in [0.4, 0.5) is 0 Å². The van der Waals surface area contributed by atoms with Crippen molar-refractivity contribution < 1.29 is 13.9 Å². The molecule has 7 heteroatoms. The fourth-order valence-electron chi connectivity index (χ4n) is 2.10. The van der Waals surface area contributed by atoms with Crippen LogP contribution in [0.15, 0.2) is 28.9 Å². The molecule has 0 radical (unpaired) electrons. The second kappa shape index (κ2) is 6.87. The lowest BCUT2D eigenvalue weighted by molar-refractivity contribution is -0.161. The maximum atomic E-state index is 12.3. The Morgan fingerprint density at radius 1 is 1.30 bits per heavy atom. The summed E-state index contributed by atoms with van der Waals surface area (Å²) in [4.78, 5) is 16.2. The highest BCUT2D eigenvalue weighted by atomic mass is 16.6. The van der Waals surface area contributed by atoms with Crippen molar-refractivity contribution >= 4 is 5.97 Å². The molecule has 0 aliphatic rings. The van der Waals surface area contributed by atoms with E-state index in [1.807, 2.05) is 27.7 Å². The number of rotatable bonds is 5. The van der Waals surface area contributed by atoms with Gasteiger partial charge in [0.15, 0.2) is 0 Å². The second-order valence-corrected chi connectivity index (χ2v) is 6.26. The topological polar surface area (TPSA) is 104 Å². The highest BCUT2D eigenvalue weighted by Crippen LogP contribution is 2.27. The van der Waals surface area contributed by atoms with Gasteiger partial charge in [0, 0.05) is 18.0 Å². The van der Waals surface area contributed by atoms with Crippen molar-refractivity contribution in [1.29, 1.82) is 0 Å². The number of nitrogens with zero attached hydrogens (tertiary/aromatic N) is 3. The summed E-state index contributed by atoms with van der Waals surface area (Å²) in [6.45, 7) is 7.32. The van der Waals surface area contributed by atoms with E-state index in [1.54, 1.807) is 24.5 Å². The molecule has 0 aromatic carbocycles. The Hall–Kier alpha value is -2.28. The van der Waals surface area contributed by atoms with Crippen LogP contribution in [-0.2, 0) is 9.53 Å². The lowest BCUT2D eigenvalue weighted by Gasteiger charge is -2.25. The van der Waals surface area contributed by atoms with Gasteiger partial charge in [-0.05, 0) is 39.3 Å². The van der Waals surface area contributed by atoms with Crippen molar-refractivity contribution in [2.75, 3.05) is 0 Å². The summed E-state index contributed by atoms with van der Waals surface area (Å²) < 4.78 is 11.0. The van der Waals surface area contributed by atoms with Gasteiger partial charge in [0.2, 0.25) is 11.8 Å². The molecule has 2 N–H and O–H groups in total. The van der Waals surface area contributed by atoms with Gasteiger partial charge in [-0.15, -0.1) is 10.2 Å². The molecular formula is C16H22N4O3. The van der Waals surface area contributed by atoms with Crippen molar-refractivity contribution in [1.82, 2.24) is 15.2 Å². The highest BCUT2D eigenvalue weighted by molar-refractivity contribution is 5.73. The molecule has 2 atom stereocenters. The average molecular weight is 318 g/mol. The smallest absolute Gasteiger partial charge is 0.311 e. The maximum absolute atomic E-state index is 12.3. The highest BCUT2D eigenvalue weighted by Gasteiger charge is 2.32. The van der Waals surface area contributed by atoms with Crippen LogP contribution in [0.25, 0.3) is 11.5 Å². The number of nitrogens with two attached hydrogens (primary N) is 1. The molecule has 2 rings (SSSR count). The number of hydrogen-bond donors (Lipinski definition) is 1. The summed E-state index contributed by atoms with van der Waals surface area (Å²) in [5.74, 6) is -0.345. The minimum atomic E-state index is -0.710. The molecule has 1 unspecified atom stereocenters. The summed E-state index contributed by atoms with van der Waals surface area (Å²) in [6, 6.07) is 2.81. The first-order valence-corrected chi connectivity index (χ1v) is 7.54. The van der Waals surface area contributed by atoms with Crippen molar-refractivity contribution in [2.45, 2.75) is 45.8 Å². The van der Waals surface area contributed by atoms with Gasteiger partial charge in [0.05, 0.1) is 12.0 Å². The third-order valence-corrected chi connectivity index (χ3v) is 3.24. The molecule has 23 heavy (non-hydrogen) atoms. The molecule has 2 aromatic rings. The Morgan fingerprint density at radius 3 is 2.52 bits per heavy atom. The van der Waals surface area contributed by atoms with Crippen LogP contribution in [0.1, 0.15) is 46.0 Å². The molecule has 2 aromatic heterocycles.